The third-order valence-electron chi connectivity index (χ3n) is 7.78. The van der Waals surface area contributed by atoms with E-state index >= 15 is 0 Å². The Balaban J connectivity index is 2.09. The molecule has 0 aliphatic heterocycles. The van der Waals surface area contributed by atoms with Crippen LogP contribution in [0.5, 0.6) is 17.2 Å². The van der Waals surface area contributed by atoms with Crippen molar-refractivity contribution in [1.82, 2.24) is 25.8 Å². The second-order valence-corrected chi connectivity index (χ2v) is 13.9. The van der Waals surface area contributed by atoms with E-state index in [4.69, 9.17) is 4.74 Å². The van der Waals surface area contributed by atoms with Gasteiger partial charge in [-0.2, -0.15) is 0 Å². The van der Waals surface area contributed by atoms with Crippen molar-refractivity contribution in [3.05, 3.63) is 53.1 Å². The average molecular weight is 672 g/mol. The monoisotopic (exact) mass is 671 g/mol. The average Bonchev–Trinajstić information content (AvgIpc) is 3.01. The Morgan fingerprint density at radius 1 is 0.792 bits per heavy atom. The number of quaternary nitrogens is 1. The summed E-state index contributed by atoms with van der Waals surface area (Å²) < 4.78 is 6.85. The number of amides is 3. The molecule has 0 aliphatic rings. The Hall–Kier alpha value is -3.87. The quantitative estimate of drug-likeness (QED) is 0.0728. The van der Waals surface area contributed by atoms with Crippen LogP contribution in [0, 0.1) is 5.92 Å². The highest BCUT2D eigenvalue weighted by atomic mass is 16.5. The van der Waals surface area contributed by atoms with Crippen molar-refractivity contribution in [3.63, 3.8) is 0 Å². The van der Waals surface area contributed by atoms with Crippen LogP contribution < -0.4 is 20.7 Å². The standard InChI is InChI=1S/C36H58N6O6/c1-40(2)20-8-17-38-35(46)31(36(47)39-18-9-21-41(3)4)23-27-11-15-32(44)33(24-27)48-26-29-25-30(43)14-12-28(29)13-16-34(45)37-19-10-22-42(5,6)7/h11-12,14-15,24-25,31H,8-10,13,16-23,26H2,1-7H3,(H4-,37,38,39,43,44,45,46,47)/p+1. The summed E-state index contributed by atoms with van der Waals surface area (Å²) in [6.07, 6.45) is 3.27. The Bertz CT molecular complexity index is 1280. The molecule has 268 valence electrons. The molecule has 0 aliphatic carbocycles. The molecule has 5 N–H and O–H groups in total. The molecule has 0 unspecified atom stereocenters. The van der Waals surface area contributed by atoms with E-state index in [0.717, 1.165) is 48.9 Å². The fourth-order valence-corrected chi connectivity index (χ4v) is 5.07. The zero-order chi connectivity index (χ0) is 35.7. The molecule has 0 saturated heterocycles. The van der Waals surface area contributed by atoms with Gasteiger partial charge in [0.25, 0.3) is 0 Å². The maximum atomic E-state index is 13.2. The van der Waals surface area contributed by atoms with Crippen molar-refractivity contribution >= 4 is 17.7 Å². The van der Waals surface area contributed by atoms with Gasteiger partial charge in [-0.15, -0.1) is 0 Å². The van der Waals surface area contributed by atoms with Gasteiger partial charge in [-0.1, -0.05) is 12.1 Å². The number of hydrogen-bond donors (Lipinski definition) is 5. The summed E-state index contributed by atoms with van der Waals surface area (Å²) in [7, 11) is 14.2. The van der Waals surface area contributed by atoms with Crippen LogP contribution in [0.25, 0.3) is 0 Å². The molecule has 2 aromatic rings. The smallest absolute Gasteiger partial charge is 0.232 e. The fourth-order valence-electron chi connectivity index (χ4n) is 5.07. The van der Waals surface area contributed by atoms with Crippen LogP contribution in [-0.2, 0) is 33.8 Å². The minimum atomic E-state index is -0.961. The highest BCUT2D eigenvalue weighted by Gasteiger charge is 2.27. The SMILES string of the molecule is CN(C)CCCNC(=O)C(Cc1ccc(O)c(OCc2cc(O)ccc2CCC(=O)NCCC[N+](C)(C)C)c1)C(=O)NCCCN(C)C. The van der Waals surface area contributed by atoms with Gasteiger partial charge in [0.1, 0.15) is 18.3 Å². The fraction of sp³-hybridized carbons (Fsp3) is 0.583. The summed E-state index contributed by atoms with van der Waals surface area (Å²) >= 11 is 0. The molecule has 0 heterocycles. The second-order valence-electron chi connectivity index (χ2n) is 13.9. The van der Waals surface area contributed by atoms with Crippen molar-refractivity contribution in [3.8, 4) is 17.2 Å². The molecule has 48 heavy (non-hydrogen) atoms. The third-order valence-corrected chi connectivity index (χ3v) is 7.78. The normalized spacial score (nSPS) is 11.6. The number of ether oxygens (including phenoxy) is 1. The Kier molecular flexibility index (Phi) is 17.2. The van der Waals surface area contributed by atoms with E-state index in [0.29, 0.717) is 43.6 Å². The number of nitrogens with one attached hydrogen (secondary N) is 3. The van der Waals surface area contributed by atoms with E-state index in [1.54, 1.807) is 30.3 Å². The van der Waals surface area contributed by atoms with E-state index < -0.39 is 5.92 Å². The van der Waals surface area contributed by atoms with Gasteiger partial charge in [-0.3, -0.25) is 14.4 Å². The molecule has 2 aromatic carbocycles. The number of hydrogen-bond acceptors (Lipinski definition) is 8. The lowest BCUT2D eigenvalue weighted by molar-refractivity contribution is -0.870. The minimum absolute atomic E-state index is 0.0357. The van der Waals surface area contributed by atoms with Crippen LogP contribution in [-0.4, -0.2) is 131 Å². The minimum Gasteiger partial charge on any atom is -0.508 e. The lowest BCUT2D eigenvalue weighted by atomic mass is 9.97. The van der Waals surface area contributed by atoms with Crippen molar-refractivity contribution in [2.75, 3.05) is 88.6 Å². The number of benzene rings is 2. The molecule has 0 atom stereocenters. The van der Waals surface area contributed by atoms with E-state index in [-0.39, 0.29) is 48.0 Å². The van der Waals surface area contributed by atoms with Gasteiger partial charge in [-0.25, -0.2) is 0 Å². The molecule has 2 rings (SSSR count). The molecule has 0 spiro atoms. The predicted molar refractivity (Wildman–Crippen MR) is 189 cm³/mol. The lowest BCUT2D eigenvalue weighted by Crippen LogP contribution is -2.43. The molecule has 0 aromatic heterocycles. The van der Waals surface area contributed by atoms with E-state index in [9.17, 15) is 24.6 Å². The first-order chi connectivity index (χ1) is 22.6. The van der Waals surface area contributed by atoms with Crippen LogP contribution >= 0.6 is 0 Å². The number of phenolic OH excluding ortho intramolecular Hbond substituents is 2. The number of aromatic hydroxyl groups is 2. The summed E-state index contributed by atoms with van der Waals surface area (Å²) in [5.74, 6) is -1.54. The Morgan fingerprint density at radius 2 is 1.40 bits per heavy atom. The first kappa shape index (κ1) is 40.3. The zero-order valence-electron chi connectivity index (χ0n) is 30.1. The van der Waals surface area contributed by atoms with Crippen LogP contribution in [0.1, 0.15) is 42.4 Å². The van der Waals surface area contributed by atoms with Crippen LogP contribution in [0.2, 0.25) is 0 Å². The van der Waals surface area contributed by atoms with Gasteiger partial charge in [0.15, 0.2) is 11.5 Å². The Labute approximate surface area is 287 Å². The highest BCUT2D eigenvalue weighted by molar-refractivity contribution is 6.00. The summed E-state index contributed by atoms with van der Waals surface area (Å²) in [6, 6.07) is 9.73. The van der Waals surface area contributed by atoms with Crippen molar-refractivity contribution < 1.29 is 33.8 Å². The van der Waals surface area contributed by atoms with Crippen molar-refractivity contribution in [2.45, 2.75) is 45.1 Å². The van der Waals surface area contributed by atoms with Crippen LogP contribution in [0.4, 0.5) is 0 Å². The van der Waals surface area contributed by atoms with Crippen LogP contribution in [0.3, 0.4) is 0 Å². The maximum absolute atomic E-state index is 13.2. The molecular weight excluding hydrogens is 612 g/mol. The number of aryl methyl sites for hydroxylation is 1. The van der Waals surface area contributed by atoms with E-state index in [1.807, 2.05) is 38.0 Å². The predicted octanol–water partition coefficient (Wildman–Crippen LogP) is 2.12. The summed E-state index contributed by atoms with van der Waals surface area (Å²) in [5.41, 5.74) is 2.18. The number of rotatable bonds is 22. The first-order valence-corrected chi connectivity index (χ1v) is 16.8. The molecule has 3 amide bonds. The molecule has 0 fully saturated rings. The third kappa shape index (κ3) is 16.3. The van der Waals surface area contributed by atoms with Gasteiger partial charge < -0.3 is 45.2 Å². The summed E-state index contributed by atoms with van der Waals surface area (Å²) in [4.78, 5) is 42.9. The van der Waals surface area contributed by atoms with Crippen molar-refractivity contribution in [1.29, 1.82) is 0 Å². The highest BCUT2D eigenvalue weighted by Crippen LogP contribution is 2.30. The van der Waals surface area contributed by atoms with Gasteiger partial charge in [0, 0.05) is 32.5 Å². The molecular formula is C36H59N6O6+. The molecule has 0 radical (unpaired) electrons. The number of carbonyl (C=O) groups excluding carboxylic acids is 3. The number of phenols is 2. The first-order valence-electron chi connectivity index (χ1n) is 16.8. The molecule has 0 saturated carbocycles. The summed E-state index contributed by atoms with van der Waals surface area (Å²) in [5, 5.41) is 29.5. The van der Waals surface area contributed by atoms with Crippen LogP contribution in [0.15, 0.2) is 36.4 Å². The van der Waals surface area contributed by atoms with E-state index in [1.165, 1.54) is 6.07 Å². The van der Waals surface area contributed by atoms with Gasteiger partial charge in [0.2, 0.25) is 17.7 Å². The largest absolute Gasteiger partial charge is 0.508 e. The van der Waals surface area contributed by atoms with E-state index in [2.05, 4.69) is 37.1 Å². The molecule has 0 bridgehead atoms. The van der Waals surface area contributed by atoms with Gasteiger partial charge in [-0.05, 0) is 108 Å². The Morgan fingerprint density at radius 3 is 1.98 bits per heavy atom. The van der Waals surface area contributed by atoms with Crippen molar-refractivity contribution in [2.24, 2.45) is 5.92 Å². The summed E-state index contributed by atoms with van der Waals surface area (Å²) in [6.45, 7) is 4.15. The molecule has 12 heteroatoms. The second kappa shape index (κ2) is 20.5. The topological polar surface area (TPSA) is 143 Å². The van der Waals surface area contributed by atoms with Gasteiger partial charge >= 0.3 is 0 Å². The lowest BCUT2D eigenvalue weighted by Gasteiger charge is -2.23. The molecule has 12 nitrogen and oxygen atoms in total. The maximum Gasteiger partial charge on any atom is 0.232 e. The number of carbonyl (C=O) groups is 3. The number of nitrogens with zero attached hydrogens (tertiary/aromatic N) is 3. The zero-order valence-corrected chi connectivity index (χ0v) is 30.1. The van der Waals surface area contributed by atoms with Gasteiger partial charge in [0.05, 0.1) is 27.7 Å².